The molecule has 0 aliphatic carbocycles. The van der Waals surface area contributed by atoms with Crippen LogP contribution in [0.15, 0.2) is 52.2 Å². The molecule has 1 unspecified atom stereocenters. The van der Waals surface area contributed by atoms with Crippen molar-refractivity contribution in [1.29, 1.82) is 5.26 Å². The highest BCUT2D eigenvalue weighted by molar-refractivity contribution is 8.03. The van der Waals surface area contributed by atoms with Crippen LogP contribution in [0.2, 0.25) is 0 Å². The van der Waals surface area contributed by atoms with Gasteiger partial charge in [-0.1, -0.05) is 30.3 Å². The maximum absolute atomic E-state index is 12.2. The molecule has 0 amide bonds. The van der Waals surface area contributed by atoms with Crippen LogP contribution in [0.5, 0.6) is 0 Å². The van der Waals surface area contributed by atoms with Gasteiger partial charge in [-0.15, -0.1) is 11.8 Å². The van der Waals surface area contributed by atoms with Crippen molar-refractivity contribution < 1.29 is 4.79 Å². The van der Waals surface area contributed by atoms with Crippen molar-refractivity contribution in [2.24, 2.45) is 0 Å². The highest BCUT2D eigenvalue weighted by Gasteiger charge is 2.38. The molecule has 4 heteroatoms. The average molecular weight is 296 g/mol. The van der Waals surface area contributed by atoms with Gasteiger partial charge >= 0.3 is 0 Å². The number of Topliss-reactive ketones (excluding diaryl/α,β-unsaturated/α-hetero) is 1. The van der Waals surface area contributed by atoms with Gasteiger partial charge in [0.25, 0.3) is 0 Å². The van der Waals surface area contributed by atoms with Gasteiger partial charge in [0.15, 0.2) is 5.78 Å². The summed E-state index contributed by atoms with van der Waals surface area (Å²) in [6.45, 7) is 4.46. The topological polar surface area (TPSA) is 44.1 Å². The number of allylic oxidation sites excluding steroid dienone is 3. The number of nitrogens with zero attached hydrogens (tertiary/aromatic N) is 2. The molecule has 2 heterocycles. The number of carbonyl (C=O) groups excluding carboxylic acids is 1. The summed E-state index contributed by atoms with van der Waals surface area (Å²) in [7, 11) is 0. The number of rotatable bonds is 2. The van der Waals surface area contributed by atoms with E-state index in [0.717, 1.165) is 34.2 Å². The van der Waals surface area contributed by atoms with Crippen molar-refractivity contribution in [3.8, 4) is 6.07 Å². The molecule has 0 N–H and O–H groups in total. The summed E-state index contributed by atoms with van der Waals surface area (Å²) >= 11 is 1.71. The van der Waals surface area contributed by atoms with Gasteiger partial charge < -0.3 is 4.90 Å². The summed E-state index contributed by atoms with van der Waals surface area (Å²) in [5, 5.41) is 10.7. The summed E-state index contributed by atoms with van der Waals surface area (Å²) in [6, 6.07) is 12.2. The Bertz CT molecular complexity index is 697. The second-order valence-corrected chi connectivity index (χ2v) is 6.31. The van der Waals surface area contributed by atoms with E-state index in [0.29, 0.717) is 5.57 Å². The predicted molar refractivity (Wildman–Crippen MR) is 84.4 cm³/mol. The van der Waals surface area contributed by atoms with E-state index < -0.39 is 0 Å². The molecule has 0 spiro atoms. The van der Waals surface area contributed by atoms with E-state index in [-0.39, 0.29) is 11.7 Å². The fraction of sp³-hybridized carbons (Fsp3) is 0.294. The maximum atomic E-state index is 12.2. The van der Waals surface area contributed by atoms with E-state index in [1.165, 1.54) is 0 Å². The third kappa shape index (κ3) is 2.18. The first-order valence-corrected chi connectivity index (χ1v) is 7.95. The fourth-order valence-corrected chi connectivity index (χ4v) is 4.30. The second-order valence-electron chi connectivity index (χ2n) is 5.23. The number of hydrogen-bond donors (Lipinski definition) is 0. The summed E-state index contributed by atoms with van der Waals surface area (Å²) < 4.78 is 0. The highest BCUT2D eigenvalue weighted by Crippen LogP contribution is 2.47. The molecule has 3 nitrogen and oxygen atoms in total. The molecule has 1 fully saturated rings. The lowest BCUT2D eigenvalue weighted by molar-refractivity contribution is -0.114. The van der Waals surface area contributed by atoms with E-state index in [4.69, 9.17) is 0 Å². The molecule has 0 aromatic heterocycles. The molecule has 1 saturated heterocycles. The molecule has 3 rings (SSSR count). The van der Waals surface area contributed by atoms with E-state index in [1.54, 1.807) is 18.7 Å². The number of nitriles is 1. The Morgan fingerprint density at radius 1 is 1.38 bits per heavy atom. The van der Waals surface area contributed by atoms with E-state index in [2.05, 4.69) is 11.0 Å². The number of thioether (sulfide) groups is 1. The molecule has 2 aliphatic heterocycles. The molecule has 2 aliphatic rings. The minimum absolute atomic E-state index is 0.0463. The van der Waals surface area contributed by atoms with Gasteiger partial charge in [-0.3, -0.25) is 4.79 Å². The number of carbonyl (C=O) groups is 1. The number of hydrogen-bond acceptors (Lipinski definition) is 4. The molecular formula is C17H16N2OS. The zero-order valence-electron chi connectivity index (χ0n) is 12.1. The molecule has 21 heavy (non-hydrogen) atoms. The SMILES string of the molecule is CC(=O)C1=C(C)N2CCSC2=C(C#N)C1c1ccccc1. The third-order valence-corrected chi connectivity index (χ3v) is 5.13. The first-order chi connectivity index (χ1) is 10.1. The quantitative estimate of drug-likeness (QED) is 0.838. The van der Waals surface area contributed by atoms with Crippen LogP contribution in [-0.4, -0.2) is 23.0 Å². The van der Waals surface area contributed by atoms with Crippen LogP contribution in [0.1, 0.15) is 25.3 Å². The fourth-order valence-electron chi connectivity index (χ4n) is 3.13. The monoisotopic (exact) mass is 296 g/mol. The second kappa shape index (κ2) is 5.42. The van der Waals surface area contributed by atoms with Gasteiger partial charge in [0.2, 0.25) is 0 Å². The van der Waals surface area contributed by atoms with Crippen LogP contribution in [0.3, 0.4) is 0 Å². The van der Waals surface area contributed by atoms with E-state index in [1.807, 2.05) is 37.3 Å². The lowest BCUT2D eigenvalue weighted by Crippen LogP contribution is -2.28. The van der Waals surface area contributed by atoms with Crippen LogP contribution in [-0.2, 0) is 4.79 Å². The van der Waals surface area contributed by atoms with Gasteiger partial charge in [-0.25, -0.2) is 0 Å². The molecule has 0 radical (unpaired) electrons. The van der Waals surface area contributed by atoms with Crippen LogP contribution >= 0.6 is 11.8 Å². The molecule has 1 aromatic rings. The lowest BCUT2D eigenvalue weighted by Gasteiger charge is -2.33. The molecule has 106 valence electrons. The number of benzene rings is 1. The third-order valence-electron chi connectivity index (χ3n) is 4.03. The standard InChI is InChI=1S/C17H16N2OS/c1-11-15(12(2)20)16(13-6-4-3-5-7-13)14(10-18)17-19(11)8-9-21-17/h3-7,16H,8-9H2,1-2H3. The van der Waals surface area contributed by atoms with Crippen LogP contribution in [0.4, 0.5) is 0 Å². The number of ketones is 1. The molecule has 0 saturated carbocycles. The molecular weight excluding hydrogens is 280 g/mol. The van der Waals surface area contributed by atoms with E-state index >= 15 is 0 Å². The zero-order chi connectivity index (χ0) is 15.0. The Morgan fingerprint density at radius 3 is 2.71 bits per heavy atom. The Kier molecular flexibility index (Phi) is 3.60. The van der Waals surface area contributed by atoms with Gasteiger partial charge in [0.1, 0.15) is 0 Å². The molecule has 1 atom stereocenters. The van der Waals surface area contributed by atoms with Crippen LogP contribution in [0.25, 0.3) is 0 Å². The summed E-state index contributed by atoms with van der Waals surface area (Å²) in [5.41, 5.74) is 3.47. The first kappa shape index (κ1) is 14.0. The Hall–Kier alpha value is -1.99. The van der Waals surface area contributed by atoms with Gasteiger partial charge in [0, 0.05) is 23.6 Å². The van der Waals surface area contributed by atoms with Crippen molar-refractivity contribution in [1.82, 2.24) is 4.90 Å². The minimum atomic E-state index is -0.231. The van der Waals surface area contributed by atoms with Gasteiger partial charge in [0.05, 0.1) is 22.6 Å². The molecule has 0 bridgehead atoms. The number of fused-ring (bicyclic) bond motifs is 1. The van der Waals surface area contributed by atoms with Gasteiger partial charge in [-0.2, -0.15) is 5.26 Å². The smallest absolute Gasteiger partial charge is 0.158 e. The zero-order valence-corrected chi connectivity index (χ0v) is 12.9. The highest BCUT2D eigenvalue weighted by atomic mass is 32.2. The summed E-state index contributed by atoms with van der Waals surface area (Å²) in [4.78, 5) is 14.3. The van der Waals surface area contributed by atoms with Crippen LogP contribution < -0.4 is 0 Å². The normalized spacial score (nSPS) is 21.4. The Labute approximate surface area is 128 Å². The minimum Gasteiger partial charge on any atom is -0.338 e. The summed E-state index contributed by atoms with van der Waals surface area (Å²) in [6.07, 6.45) is 0. The van der Waals surface area contributed by atoms with Gasteiger partial charge in [-0.05, 0) is 19.4 Å². The van der Waals surface area contributed by atoms with Crippen LogP contribution in [0, 0.1) is 11.3 Å². The predicted octanol–water partition coefficient (Wildman–Crippen LogP) is 3.43. The Balaban J connectivity index is 2.24. The first-order valence-electron chi connectivity index (χ1n) is 6.96. The van der Waals surface area contributed by atoms with Crippen molar-refractivity contribution in [3.63, 3.8) is 0 Å². The maximum Gasteiger partial charge on any atom is 0.158 e. The molecule has 1 aromatic carbocycles. The van der Waals surface area contributed by atoms with Crippen molar-refractivity contribution in [3.05, 3.63) is 57.8 Å². The van der Waals surface area contributed by atoms with Crippen molar-refractivity contribution in [2.45, 2.75) is 19.8 Å². The Morgan fingerprint density at radius 2 is 2.10 bits per heavy atom. The average Bonchev–Trinajstić information content (AvgIpc) is 2.97. The summed E-state index contributed by atoms with van der Waals surface area (Å²) in [5.74, 6) is 0.778. The van der Waals surface area contributed by atoms with Crippen molar-refractivity contribution in [2.75, 3.05) is 12.3 Å². The van der Waals surface area contributed by atoms with E-state index in [9.17, 15) is 10.1 Å². The lowest BCUT2D eigenvalue weighted by atomic mass is 9.80. The largest absolute Gasteiger partial charge is 0.338 e. The van der Waals surface area contributed by atoms with Crippen molar-refractivity contribution >= 4 is 17.5 Å².